The molecule has 0 aromatic heterocycles. The summed E-state index contributed by atoms with van der Waals surface area (Å²) < 4.78 is 5.09. The molecule has 0 rings (SSSR count). The first-order chi connectivity index (χ1) is 14.6. The number of carbonyl (C=O) groups is 1. The van der Waals surface area contributed by atoms with E-state index in [1.54, 1.807) is 0 Å². The molecule has 0 aliphatic heterocycles. The molecule has 5 nitrogen and oxygen atoms in total. The highest BCUT2D eigenvalue weighted by atomic mass is 16.5. The predicted octanol–water partition coefficient (Wildman–Crippen LogP) is 5.53. The Morgan fingerprint density at radius 2 is 0.933 bits per heavy atom. The molecule has 30 heavy (non-hydrogen) atoms. The van der Waals surface area contributed by atoms with Crippen LogP contribution in [0.2, 0.25) is 0 Å². The second-order valence-corrected chi connectivity index (χ2v) is 9.04. The number of esters is 1. The van der Waals surface area contributed by atoms with Crippen molar-refractivity contribution in [3.8, 4) is 0 Å². The highest BCUT2D eigenvalue weighted by molar-refractivity contribution is 5.69. The predicted molar refractivity (Wildman–Crippen MR) is 123 cm³/mol. The molecule has 3 N–H and O–H groups in total. The fraction of sp³-hybridized carbons (Fsp3) is 0.960. The first kappa shape index (κ1) is 29.4. The molecule has 0 aliphatic carbocycles. The van der Waals surface area contributed by atoms with Crippen LogP contribution >= 0.6 is 0 Å². The second kappa shape index (κ2) is 21.6. The third kappa shape index (κ3) is 17.1. The molecule has 0 spiro atoms. The fourth-order valence-electron chi connectivity index (χ4n) is 3.59. The number of carbonyl (C=O) groups excluding carboxylic acids is 1. The van der Waals surface area contributed by atoms with Crippen LogP contribution in [-0.4, -0.2) is 47.7 Å². The van der Waals surface area contributed by atoms with Gasteiger partial charge in [0, 0.05) is 6.42 Å². The summed E-state index contributed by atoms with van der Waals surface area (Å²) >= 11 is 0. The van der Waals surface area contributed by atoms with Crippen molar-refractivity contribution in [3.05, 3.63) is 0 Å². The SMILES string of the molecule is CCCCCCCCCCCCCCCCCCCC(=O)OCC(CO)(CO)CO. The van der Waals surface area contributed by atoms with Crippen molar-refractivity contribution in [1.29, 1.82) is 0 Å². The Morgan fingerprint density at radius 3 is 1.27 bits per heavy atom. The van der Waals surface area contributed by atoms with E-state index >= 15 is 0 Å². The number of aliphatic hydroxyl groups is 3. The van der Waals surface area contributed by atoms with Gasteiger partial charge in [0.1, 0.15) is 6.61 Å². The molecular formula is C25H50O5. The Kier molecular flexibility index (Phi) is 21.1. The van der Waals surface area contributed by atoms with E-state index in [0.717, 1.165) is 19.3 Å². The van der Waals surface area contributed by atoms with Gasteiger partial charge in [-0.3, -0.25) is 4.79 Å². The van der Waals surface area contributed by atoms with Gasteiger partial charge in [0.25, 0.3) is 0 Å². The molecule has 0 aliphatic rings. The van der Waals surface area contributed by atoms with Crippen molar-refractivity contribution >= 4 is 5.97 Å². The molecule has 180 valence electrons. The van der Waals surface area contributed by atoms with Gasteiger partial charge in [0.05, 0.1) is 25.2 Å². The topological polar surface area (TPSA) is 87.0 Å². The van der Waals surface area contributed by atoms with Gasteiger partial charge in [-0.2, -0.15) is 0 Å². The van der Waals surface area contributed by atoms with Crippen LogP contribution in [0.15, 0.2) is 0 Å². The molecule has 0 saturated heterocycles. The van der Waals surface area contributed by atoms with Gasteiger partial charge in [-0.05, 0) is 6.42 Å². The standard InChI is InChI=1S/C25H50O5/c1-2-3-4-5-6-7-8-9-10-11-12-13-14-15-16-17-18-19-24(29)30-23-25(20-26,21-27)22-28/h26-28H,2-23H2,1H3. The summed E-state index contributed by atoms with van der Waals surface area (Å²) in [6, 6.07) is 0. The zero-order valence-electron chi connectivity index (χ0n) is 19.7. The lowest BCUT2D eigenvalue weighted by Crippen LogP contribution is -2.39. The molecule has 0 aromatic carbocycles. The fourth-order valence-corrected chi connectivity index (χ4v) is 3.59. The first-order valence-corrected chi connectivity index (χ1v) is 12.6. The van der Waals surface area contributed by atoms with Crippen LogP contribution in [0.5, 0.6) is 0 Å². The van der Waals surface area contributed by atoms with Crippen LogP contribution in [0.1, 0.15) is 122 Å². The zero-order valence-corrected chi connectivity index (χ0v) is 19.7. The van der Waals surface area contributed by atoms with E-state index in [-0.39, 0.29) is 12.6 Å². The van der Waals surface area contributed by atoms with Crippen LogP contribution in [0.25, 0.3) is 0 Å². The summed E-state index contributed by atoms with van der Waals surface area (Å²) in [7, 11) is 0. The molecule has 0 aromatic rings. The quantitative estimate of drug-likeness (QED) is 0.146. The monoisotopic (exact) mass is 430 g/mol. The summed E-state index contributed by atoms with van der Waals surface area (Å²) in [5.74, 6) is -0.323. The minimum absolute atomic E-state index is 0.145. The summed E-state index contributed by atoms with van der Waals surface area (Å²) in [6.07, 6.45) is 22.5. The van der Waals surface area contributed by atoms with Gasteiger partial charge >= 0.3 is 5.97 Å². The van der Waals surface area contributed by atoms with E-state index in [4.69, 9.17) is 4.74 Å². The lowest BCUT2D eigenvalue weighted by atomic mass is 9.93. The molecule has 5 heteroatoms. The molecular weight excluding hydrogens is 380 g/mol. The van der Waals surface area contributed by atoms with E-state index in [9.17, 15) is 20.1 Å². The van der Waals surface area contributed by atoms with Gasteiger partial charge in [-0.15, -0.1) is 0 Å². The summed E-state index contributed by atoms with van der Waals surface area (Å²) in [5, 5.41) is 27.6. The summed E-state index contributed by atoms with van der Waals surface area (Å²) in [5.41, 5.74) is -1.14. The van der Waals surface area contributed by atoms with Crippen molar-refractivity contribution in [2.75, 3.05) is 26.4 Å². The van der Waals surface area contributed by atoms with Gasteiger partial charge in [0.15, 0.2) is 0 Å². The summed E-state index contributed by atoms with van der Waals surface area (Å²) in [6.45, 7) is 0.893. The van der Waals surface area contributed by atoms with Gasteiger partial charge < -0.3 is 20.1 Å². The Hall–Kier alpha value is -0.650. The van der Waals surface area contributed by atoms with Crippen molar-refractivity contribution in [2.45, 2.75) is 122 Å². The van der Waals surface area contributed by atoms with Crippen LogP contribution in [0.4, 0.5) is 0 Å². The number of rotatable bonds is 23. The Morgan fingerprint density at radius 1 is 0.600 bits per heavy atom. The largest absolute Gasteiger partial charge is 0.465 e. The molecule has 0 unspecified atom stereocenters. The maximum atomic E-state index is 11.7. The summed E-state index contributed by atoms with van der Waals surface area (Å²) in [4.78, 5) is 11.7. The Labute approximate surface area is 185 Å². The average molecular weight is 431 g/mol. The lowest BCUT2D eigenvalue weighted by molar-refractivity contribution is -0.151. The number of aliphatic hydroxyl groups excluding tert-OH is 3. The molecule has 0 radical (unpaired) electrons. The van der Waals surface area contributed by atoms with E-state index < -0.39 is 25.2 Å². The van der Waals surface area contributed by atoms with Crippen LogP contribution in [-0.2, 0) is 9.53 Å². The van der Waals surface area contributed by atoms with Crippen LogP contribution in [0.3, 0.4) is 0 Å². The number of hydrogen-bond donors (Lipinski definition) is 3. The van der Waals surface area contributed by atoms with E-state index in [1.165, 1.54) is 89.9 Å². The van der Waals surface area contributed by atoms with Crippen molar-refractivity contribution < 1.29 is 24.9 Å². The number of unbranched alkanes of at least 4 members (excludes halogenated alkanes) is 16. The molecule has 0 bridgehead atoms. The van der Waals surface area contributed by atoms with Crippen molar-refractivity contribution in [1.82, 2.24) is 0 Å². The van der Waals surface area contributed by atoms with Crippen LogP contribution < -0.4 is 0 Å². The van der Waals surface area contributed by atoms with E-state index in [1.807, 2.05) is 0 Å². The van der Waals surface area contributed by atoms with Gasteiger partial charge in [-0.25, -0.2) is 0 Å². The van der Waals surface area contributed by atoms with Crippen molar-refractivity contribution in [3.63, 3.8) is 0 Å². The zero-order chi connectivity index (χ0) is 22.3. The third-order valence-corrected chi connectivity index (χ3v) is 6.03. The van der Waals surface area contributed by atoms with Gasteiger partial charge in [-0.1, -0.05) is 110 Å². The smallest absolute Gasteiger partial charge is 0.305 e. The molecule has 0 heterocycles. The maximum Gasteiger partial charge on any atom is 0.305 e. The molecule has 0 fully saturated rings. The minimum atomic E-state index is -1.14. The molecule has 0 atom stereocenters. The van der Waals surface area contributed by atoms with Crippen molar-refractivity contribution in [2.24, 2.45) is 5.41 Å². The van der Waals surface area contributed by atoms with Crippen LogP contribution in [0, 0.1) is 5.41 Å². The molecule has 0 amide bonds. The first-order valence-electron chi connectivity index (χ1n) is 12.6. The second-order valence-electron chi connectivity index (χ2n) is 9.04. The van der Waals surface area contributed by atoms with E-state index in [2.05, 4.69) is 6.92 Å². The maximum absolute atomic E-state index is 11.7. The normalized spacial score (nSPS) is 11.7. The van der Waals surface area contributed by atoms with E-state index in [0.29, 0.717) is 6.42 Å². The molecule has 0 saturated carbocycles. The third-order valence-electron chi connectivity index (χ3n) is 6.03. The Balaban J connectivity index is 3.32. The number of ether oxygens (including phenoxy) is 1. The average Bonchev–Trinajstić information content (AvgIpc) is 2.77. The minimum Gasteiger partial charge on any atom is -0.465 e. The highest BCUT2D eigenvalue weighted by Gasteiger charge is 2.29. The Bertz CT molecular complexity index is 360. The lowest BCUT2D eigenvalue weighted by Gasteiger charge is -2.26. The van der Waals surface area contributed by atoms with Gasteiger partial charge in [0.2, 0.25) is 0 Å². The highest BCUT2D eigenvalue weighted by Crippen LogP contribution is 2.17. The number of hydrogen-bond acceptors (Lipinski definition) is 5.